The average Bonchev–Trinajstić information content (AvgIpc) is 3.27. The monoisotopic (exact) mass is 456 g/mol. The first-order valence-electron chi connectivity index (χ1n) is 10.0. The van der Waals surface area contributed by atoms with Crippen molar-refractivity contribution >= 4 is 38.9 Å². The summed E-state index contributed by atoms with van der Waals surface area (Å²) in [7, 11) is 0. The van der Waals surface area contributed by atoms with E-state index in [2.05, 4.69) is 4.98 Å². The zero-order chi connectivity index (χ0) is 22.1. The molecule has 0 unspecified atom stereocenters. The van der Waals surface area contributed by atoms with Crippen LogP contribution in [0, 0.1) is 0 Å². The number of rotatable bonds is 5. The Kier molecular flexibility index (Phi) is 5.43. The predicted molar refractivity (Wildman–Crippen MR) is 131 cm³/mol. The second-order valence-corrected chi connectivity index (χ2v) is 8.68. The molecule has 2 heterocycles. The summed E-state index contributed by atoms with van der Waals surface area (Å²) in [5.41, 5.74) is 4.14. The lowest BCUT2D eigenvalue weighted by Gasteiger charge is -2.07. The van der Waals surface area contributed by atoms with Gasteiger partial charge in [-0.2, -0.15) is 0 Å². The van der Waals surface area contributed by atoms with E-state index in [0.717, 1.165) is 22.3 Å². The van der Waals surface area contributed by atoms with Crippen molar-refractivity contribution in [1.82, 2.24) is 9.55 Å². The van der Waals surface area contributed by atoms with Crippen molar-refractivity contribution in [3.8, 4) is 22.3 Å². The number of fused-ring (bicyclic) bond motifs is 1. The molecule has 0 radical (unpaired) electrons. The fourth-order valence-electron chi connectivity index (χ4n) is 3.65. The molecule has 5 aromatic rings. The molecule has 0 bridgehead atoms. The molecule has 0 saturated carbocycles. The topological polar surface area (TPSA) is 52.0 Å². The van der Waals surface area contributed by atoms with E-state index in [4.69, 9.17) is 11.6 Å². The van der Waals surface area contributed by atoms with Crippen molar-refractivity contribution in [2.75, 3.05) is 0 Å². The number of benzene rings is 3. The van der Waals surface area contributed by atoms with Crippen molar-refractivity contribution in [3.63, 3.8) is 0 Å². The summed E-state index contributed by atoms with van der Waals surface area (Å²) in [5.74, 6) is -0.142. The highest BCUT2D eigenvalue weighted by Gasteiger charge is 2.15. The van der Waals surface area contributed by atoms with Crippen molar-refractivity contribution in [2.45, 2.75) is 6.54 Å². The van der Waals surface area contributed by atoms with Gasteiger partial charge in [-0.3, -0.25) is 14.2 Å². The van der Waals surface area contributed by atoms with Gasteiger partial charge in [0.2, 0.25) is 0 Å². The number of hydrogen-bond donors (Lipinski definition) is 0. The lowest BCUT2D eigenvalue weighted by molar-refractivity contribution is 0.0970. The second kappa shape index (κ2) is 8.54. The van der Waals surface area contributed by atoms with Crippen molar-refractivity contribution in [2.24, 2.45) is 0 Å². The van der Waals surface area contributed by atoms with Gasteiger partial charge in [0.1, 0.15) is 4.83 Å². The van der Waals surface area contributed by atoms with Crippen LogP contribution in [0.3, 0.4) is 0 Å². The Morgan fingerprint density at radius 1 is 0.875 bits per heavy atom. The maximum absolute atomic E-state index is 13.2. The van der Waals surface area contributed by atoms with Crippen LogP contribution >= 0.6 is 22.9 Å². The third kappa shape index (κ3) is 3.88. The third-order valence-electron chi connectivity index (χ3n) is 5.34. The number of aromatic nitrogens is 2. The van der Waals surface area contributed by atoms with E-state index in [1.54, 1.807) is 24.3 Å². The van der Waals surface area contributed by atoms with E-state index in [1.165, 1.54) is 22.2 Å². The molecule has 4 nitrogen and oxygen atoms in total. The van der Waals surface area contributed by atoms with Crippen LogP contribution in [0.25, 0.3) is 32.5 Å². The van der Waals surface area contributed by atoms with Gasteiger partial charge in [-0.1, -0.05) is 78.3 Å². The van der Waals surface area contributed by atoms with E-state index in [1.807, 2.05) is 60.0 Å². The molecule has 0 saturated heterocycles. The molecule has 0 aliphatic carbocycles. The quantitative estimate of drug-likeness (QED) is 0.290. The zero-order valence-electron chi connectivity index (χ0n) is 16.9. The molecule has 0 N–H and O–H groups in total. The Labute approximate surface area is 193 Å². The summed E-state index contributed by atoms with van der Waals surface area (Å²) >= 11 is 7.40. The Morgan fingerprint density at radius 3 is 2.25 bits per heavy atom. The average molecular weight is 457 g/mol. The molecule has 0 aliphatic heterocycles. The van der Waals surface area contributed by atoms with Crippen molar-refractivity contribution in [3.05, 3.63) is 112 Å². The Hall–Kier alpha value is -3.54. The lowest BCUT2D eigenvalue weighted by Crippen LogP contribution is -2.24. The molecule has 0 amide bonds. The summed E-state index contributed by atoms with van der Waals surface area (Å²) < 4.78 is 1.38. The van der Waals surface area contributed by atoms with Gasteiger partial charge in [-0.25, -0.2) is 4.98 Å². The van der Waals surface area contributed by atoms with Crippen LogP contribution in [-0.4, -0.2) is 15.3 Å². The number of ketones is 1. The molecule has 156 valence electrons. The Balaban J connectivity index is 1.44. The normalized spacial score (nSPS) is 11.0. The minimum Gasteiger partial charge on any atom is -0.292 e. The second-order valence-electron chi connectivity index (χ2n) is 7.38. The summed E-state index contributed by atoms with van der Waals surface area (Å²) in [6.07, 6.45) is 1.45. The number of carbonyl (C=O) groups is 1. The first kappa shape index (κ1) is 20.4. The van der Waals surface area contributed by atoms with Crippen LogP contribution in [0.2, 0.25) is 5.02 Å². The van der Waals surface area contributed by atoms with E-state index < -0.39 is 0 Å². The van der Waals surface area contributed by atoms with Crippen LogP contribution in [0.15, 0.2) is 95.4 Å². The Bertz CT molecular complexity index is 1470. The van der Waals surface area contributed by atoms with Gasteiger partial charge in [0.05, 0.1) is 18.3 Å². The van der Waals surface area contributed by atoms with Gasteiger partial charge in [0, 0.05) is 21.5 Å². The number of nitrogens with zero attached hydrogens (tertiary/aromatic N) is 2. The van der Waals surface area contributed by atoms with Crippen LogP contribution in [0.5, 0.6) is 0 Å². The maximum atomic E-state index is 13.2. The fraction of sp³-hybridized carbons (Fsp3) is 0.0385. The minimum absolute atomic E-state index is 0.0671. The first-order chi connectivity index (χ1) is 15.6. The van der Waals surface area contributed by atoms with Crippen LogP contribution in [0.4, 0.5) is 0 Å². The van der Waals surface area contributed by atoms with E-state index in [-0.39, 0.29) is 17.9 Å². The van der Waals surface area contributed by atoms with E-state index in [0.29, 0.717) is 20.8 Å². The van der Waals surface area contributed by atoms with E-state index >= 15 is 0 Å². The predicted octanol–water partition coefficient (Wildman–Crippen LogP) is 6.33. The maximum Gasteiger partial charge on any atom is 0.263 e. The summed E-state index contributed by atoms with van der Waals surface area (Å²) in [4.78, 5) is 31.1. The zero-order valence-corrected chi connectivity index (χ0v) is 18.4. The highest BCUT2D eigenvalue weighted by molar-refractivity contribution is 7.17. The fourth-order valence-corrected chi connectivity index (χ4v) is 4.68. The molecule has 5 rings (SSSR count). The van der Waals surface area contributed by atoms with Gasteiger partial charge in [-0.05, 0) is 28.8 Å². The number of hydrogen-bond acceptors (Lipinski definition) is 4. The minimum atomic E-state index is -0.226. The van der Waals surface area contributed by atoms with Crippen LogP contribution in [-0.2, 0) is 6.54 Å². The molecule has 0 atom stereocenters. The summed E-state index contributed by atoms with van der Waals surface area (Å²) in [6.45, 7) is -0.0671. The standard InChI is InChI=1S/C26H17ClN2O2S/c27-21-12-10-19(11-13-21)22-15-32-25-24(22)26(31)29(16-28-25)14-23(30)20-8-6-18(7-9-20)17-4-2-1-3-5-17/h1-13,15-16H,14H2. The molecule has 2 aromatic heterocycles. The summed E-state index contributed by atoms with van der Waals surface area (Å²) in [5, 5.41) is 3.07. The van der Waals surface area contributed by atoms with Gasteiger partial charge in [0.25, 0.3) is 5.56 Å². The Morgan fingerprint density at radius 2 is 1.53 bits per heavy atom. The molecular formula is C26H17ClN2O2S. The molecule has 0 spiro atoms. The molecule has 0 aliphatic rings. The van der Waals surface area contributed by atoms with Crippen LogP contribution < -0.4 is 5.56 Å². The molecule has 3 aromatic carbocycles. The highest BCUT2D eigenvalue weighted by atomic mass is 35.5. The van der Waals surface area contributed by atoms with Crippen LogP contribution in [0.1, 0.15) is 10.4 Å². The van der Waals surface area contributed by atoms with Crippen molar-refractivity contribution in [1.29, 1.82) is 0 Å². The smallest absolute Gasteiger partial charge is 0.263 e. The molecular weight excluding hydrogens is 440 g/mol. The number of Topliss-reactive ketones (excluding diaryl/α,β-unsaturated/α-hetero) is 1. The number of carbonyl (C=O) groups excluding carboxylic acids is 1. The first-order valence-corrected chi connectivity index (χ1v) is 11.3. The number of thiophene rings is 1. The van der Waals surface area contributed by atoms with Gasteiger partial charge < -0.3 is 0 Å². The number of halogens is 1. The molecule has 0 fully saturated rings. The van der Waals surface area contributed by atoms with Crippen molar-refractivity contribution < 1.29 is 4.79 Å². The van der Waals surface area contributed by atoms with Gasteiger partial charge in [0.15, 0.2) is 5.78 Å². The lowest BCUT2D eigenvalue weighted by atomic mass is 10.0. The van der Waals surface area contributed by atoms with Gasteiger partial charge >= 0.3 is 0 Å². The SMILES string of the molecule is O=C(Cn1cnc2scc(-c3ccc(Cl)cc3)c2c1=O)c1ccc(-c2ccccc2)cc1. The highest BCUT2D eigenvalue weighted by Crippen LogP contribution is 2.31. The largest absolute Gasteiger partial charge is 0.292 e. The van der Waals surface area contributed by atoms with E-state index in [9.17, 15) is 9.59 Å². The molecule has 6 heteroatoms. The van der Waals surface area contributed by atoms with Gasteiger partial charge in [-0.15, -0.1) is 11.3 Å². The third-order valence-corrected chi connectivity index (χ3v) is 6.48. The summed E-state index contributed by atoms with van der Waals surface area (Å²) in [6, 6.07) is 24.7. The molecule has 32 heavy (non-hydrogen) atoms.